The maximum Gasteiger partial charge on any atom is 0.222 e. The molecule has 2 aliphatic rings. The van der Waals surface area contributed by atoms with E-state index in [1.807, 2.05) is 4.90 Å². The van der Waals surface area contributed by atoms with E-state index in [1.54, 1.807) is 0 Å². The van der Waals surface area contributed by atoms with Crippen molar-refractivity contribution in [3.8, 4) is 0 Å². The number of carbonyl (C=O) groups is 1. The van der Waals surface area contributed by atoms with Gasteiger partial charge in [0, 0.05) is 32.6 Å². The Bertz CT molecular complexity index is 478. The number of aryl methyl sites for hydroxylation is 3. The third kappa shape index (κ3) is 3.21. The molecule has 0 aromatic heterocycles. The monoisotopic (exact) mass is 272 g/mol. The van der Waals surface area contributed by atoms with Crippen molar-refractivity contribution in [1.82, 2.24) is 10.2 Å². The molecule has 0 radical (unpaired) electrons. The minimum Gasteiger partial charge on any atom is -0.340 e. The summed E-state index contributed by atoms with van der Waals surface area (Å²) in [6, 6.07) is 6.90. The van der Waals surface area contributed by atoms with Crippen LogP contribution in [0.5, 0.6) is 0 Å². The summed E-state index contributed by atoms with van der Waals surface area (Å²) in [5.41, 5.74) is 4.47. The third-order valence-electron chi connectivity index (χ3n) is 4.49. The molecule has 1 amide bonds. The molecule has 1 N–H and O–H groups in total. The van der Waals surface area contributed by atoms with Crippen molar-refractivity contribution in [2.45, 2.75) is 38.5 Å². The molecule has 108 valence electrons. The molecule has 0 saturated carbocycles. The number of piperazine rings is 1. The second-order valence-corrected chi connectivity index (χ2v) is 5.94. The topological polar surface area (TPSA) is 32.3 Å². The normalized spacial score (nSPS) is 18.1. The molecule has 1 aliphatic carbocycles. The number of hydrogen-bond acceptors (Lipinski definition) is 2. The highest BCUT2D eigenvalue weighted by atomic mass is 16.2. The van der Waals surface area contributed by atoms with Gasteiger partial charge in [-0.2, -0.15) is 0 Å². The zero-order valence-corrected chi connectivity index (χ0v) is 12.2. The zero-order chi connectivity index (χ0) is 13.8. The first-order valence-corrected chi connectivity index (χ1v) is 7.92. The Morgan fingerprint density at radius 3 is 2.80 bits per heavy atom. The molecular weight excluding hydrogens is 248 g/mol. The van der Waals surface area contributed by atoms with Gasteiger partial charge in [-0.1, -0.05) is 18.2 Å². The Morgan fingerprint density at radius 2 is 1.95 bits per heavy atom. The lowest BCUT2D eigenvalue weighted by Gasteiger charge is -2.27. The molecule has 20 heavy (non-hydrogen) atoms. The zero-order valence-electron chi connectivity index (χ0n) is 12.2. The number of nitrogens with zero attached hydrogens (tertiary/aromatic N) is 1. The van der Waals surface area contributed by atoms with Crippen molar-refractivity contribution in [3.05, 3.63) is 34.9 Å². The van der Waals surface area contributed by atoms with E-state index in [-0.39, 0.29) is 0 Å². The van der Waals surface area contributed by atoms with Crippen LogP contribution in [-0.2, 0) is 24.1 Å². The quantitative estimate of drug-likeness (QED) is 0.908. The Morgan fingerprint density at radius 1 is 1.15 bits per heavy atom. The average molecular weight is 272 g/mol. The van der Waals surface area contributed by atoms with Gasteiger partial charge in [0.2, 0.25) is 5.91 Å². The predicted octanol–water partition coefficient (Wildman–Crippen LogP) is 1.93. The maximum atomic E-state index is 12.1. The molecule has 1 fully saturated rings. The number of nitrogens with one attached hydrogen (secondary N) is 1. The van der Waals surface area contributed by atoms with E-state index in [4.69, 9.17) is 0 Å². The van der Waals surface area contributed by atoms with E-state index >= 15 is 0 Å². The summed E-state index contributed by atoms with van der Waals surface area (Å²) >= 11 is 0. The molecule has 0 spiro atoms. The Balaban J connectivity index is 1.46. The second kappa shape index (κ2) is 6.40. The highest BCUT2D eigenvalue weighted by Crippen LogP contribution is 2.23. The van der Waals surface area contributed by atoms with Crippen LogP contribution < -0.4 is 5.32 Å². The minimum absolute atomic E-state index is 0.327. The van der Waals surface area contributed by atoms with Gasteiger partial charge in [0.1, 0.15) is 0 Å². The molecule has 1 aromatic carbocycles. The van der Waals surface area contributed by atoms with Crippen LogP contribution in [0.2, 0.25) is 0 Å². The van der Waals surface area contributed by atoms with Crippen LogP contribution in [0.25, 0.3) is 0 Å². The highest BCUT2D eigenvalue weighted by molar-refractivity contribution is 5.76. The second-order valence-electron chi connectivity index (χ2n) is 5.94. The first kappa shape index (κ1) is 13.6. The predicted molar refractivity (Wildman–Crippen MR) is 80.9 cm³/mol. The van der Waals surface area contributed by atoms with Gasteiger partial charge in [-0.3, -0.25) is 4.79 Å². The van der Waals surface area contributed by atoms with Gasteiger partial charge in [0.05, 0.1) is 0 Å². The molecule has 3 heteroatoms. The standard InChI is InChI=1S/C17H24N2O/c20-17(19-11-9-18-10-12-19)6-1-3-14-7-8-15-4-2-5-16(15)13-14/h7-8,13,18H,1-6,9-12H2. The molecule has 1 saturated heterocycles. The van der Waals surface area contributed by atoms with E-state index in [9.17, 15) is 4.79 Å². The summed E-state index contributed by atoms with van der Waals surface area (Å²) in [7, 11) is 0. The number of carbonyl (C=O) groups excluding carboxylic acids is 1. The fourth-order valence-electron chi connectivity index (χ4n) is 3.30. The van der Waals surface area contributed by atoms with E-state index < -0.39 is 0 Å². The lowest BCUT2D eigenvalue weighted by atomic mass is 10.0. The summed E-state index contributed by atoms with van der Waals surface area (Å²) < 4.78 is 0. The van der Waals surface area contributed by atoms with Crippen LogP contribution in [0.3, 0.4) is 0 Å². The Labute approximate surface area is 121 Å². The Kier molecular flexibility index (Phi) is 4.36. The van der Waals surface area contributed by atoms with Gasteiger partial charge in [-0.15, -0.1) is 0 Å². The number of benzene rings is 1. The van der Waals surface area contributed by atoms with E-state index in [0.717, 1.165) is 39.0 Å². The van der Waals surface area contributed by atoms with Crippen LogP contribution >= 0.6 is 0 Å². The molecule has 0 unspecified atom stereocenters. The van der Waals surface area contributed by atoms with Crippen LogP contribution in [0.4, 0.5) is 0 Å². The van der Waals surface area contributed by atoms with E-state index in [2.05, 4.69) is 23.5 Å². The first-order valence-electron chi connectivity index (χ1n) is 7.92. The molecule has 1 aromatic rings. The smallest absolute Gasteiger partial charge is 0.222 e. The van der Waals surface area contributed by atoms with Crippen LogP contribution in [-0.4, -0.2) is 37.0 Å². The largest absolute Gasteiger partial charge is 0.340 e. The lowest BCUT2D eigenvalue weighted by Crippen LogP contribution is -2.46. The highest BCUT2D eigenvalue weighted by Gasteiger charge is 2.15. The van der Waals surface area contributed by atoms with Gasteiger partial charge in [-0.25, -0.2) is 0 Å². The Hall–Kier alpha value is -1.35. The van der Waals surface area contributed by atoms with E-state index in [0.29, 0.717) is 12.3 Å². The fraction of sp³-hybridized carbons (Fsp3) is 0.588. The van der Waals surface area contributed by atoms with Gasteiger partial charge >= 0.3 is 0 Å². The summed E-state index contributed by atoms with van der Waals surface area (Å²) in [4.78, 5) is 14.1. The number of amides is 1. The van der Waals surface area contributed by atoms with Crippen molar-refractivity contribution in [2.75, 3.05) is 26.2 Å². The van der Waals surface area contributed by atoms with Gasteiger partial charge in [-0.05, 0) is 48.8 Å². The number of hydrogen-bond donors (Lipinski definition) is 1. The molecule has 0 atom stereocenters. The molecule has 1 aliphatic heterocycles. The first-order chi connectivity index (χ1) is 9.83. The summed E-state index contributed by atoms with van der Waals surface area (Å²) in [5.74, 6) is 0.327. The molecule has 0 bridgehead atoms. The molecular formula is C17H24N2O. The summed E-state index contributed by atoms with van der Waals surface area (Å²) in [6.07, 6.45) is 6.49. The third-order valence-corrected chi connectivity index (χ3v) is 4.49. The van der Waals surface area contributed by atoms with Crippen molar-refractivity contribution in [3.63, 3.8) is 0 Å². The fourth-order valence-corrected chi connectivity index (χ4v) is 3.30. The molecule has 3 rings (SSSR count). The van der Waals surface area contributed by atoms with Crippen molar-refractivity contribution in [1.29, 1.82) is 0 Å². The average Bonchev–Trinajstić information content (AvgIpc) is 2.95. The minimum atomic E-state index is 0.327. The van der Waals surface area contributed by atoms with Gasteiger partial charge in [0.25, 0.3) is 0 Å². The number of rotatable bonds is 4. The van der Waals surface area contributed by atoms with Crippen LogP contribution in [0.15, 0.2) is 18.2 Å². The van der Waals surface area contributed by atoms with E-state index in [1.165, 1.54) is 36.0 Å². The maximum absolute atomic E-state index is 12.1. The number of fused-ring (bicyclic) bond motifs is 1. The van der Waals surface area contributed by atoms with Gasteiger partial charge < -0.3 is 10.2 Å². The SMILES string of the molecule is O=C(CCCc1ccc2c(c1)CCC2)N1CCNCC1. The summed E-state index contributed by atoms with van der Waals surface area (Å²) in [5, 5.41) is 3.28. The summed E-state index contributed by atoms with van der Waals surface area (Å²) in [6.45, 7) is 3.63. The lowest BCUT2D eigenvalue weighted by molar-refractivity contribution is -0.131. The molecule has 1 heterocycles. The van der Waals surface area contributed by atoms with Gasteiger partial charge in [0.15, 0.2) is 0 Å². The molecule has 3 nitrogen and oxygen atoms in total. The van der Waals surface area contributed by atoms with Crippen molar-refractivity contribution < 1.29 is 4.79 Å². The van der Waals surface area contributed by atoms with Crippen molar-refractivity contribution in [2.24, 2.45) is 0 Å². The van der Waals surface area contributed by atoms with Crippen molar-refractivity contribution >= 4 is 5.91 Å². The van der Waals surface area contributed by atoms with Crippen LogP contribution in [0.1, 0.15) is 36.0 Å². The van der Waals surface area contributed by atoms with Crippen LogP contribution in [0, 0.1) is 0 Å².